The molecule has 6 heteroatoms. The van der Waals surface area contributed by atoms with Gasteiger partial charge in [0, 0.05) is 6.08 Å². The Labute approximate surface area is 142 Å². The number of alkyl carbamates (subject to hydrolysis) is 1. The molecule has 0 aliphatic rings. The number of hydrogen-bond acceptors (Lipinski definition) is 5. The molecule has 0 unspecified atom stereocenters. The minimum atomic E-state index is -0.554. The Kier molecular flexibility index (Phi) is 7.82. The fourth-order valence-corrected chi connectivity index (χ4v) is 1.67. The summed E-state index contributed by atoms with van der Waals surface area (Å²) in [6, 6.07) is 7.36. The maximum absolute atomic E-state index is 11.6. The van der Waals surface area contributed by atoms with Gasteiger partial charge in [-0.2, -0.15) is 0 Å². The van der Waals surface area contributed by atoms with E-state index in [1.165, 1.54) is 6.08 Å². The van der Waals surface area contributed by atoms with Crippen LogP contribution in [0.25, 0.3) is 6.08 Å². The minimum absolute atomic E-state index is 0.0751. The molecule has 0 aliphatic carbocycles. The highest BCUT2D eigenvalue weighted by atomic mass is 16.6. The number of hydrogen-bond donors (Lipinski definition) is 1. The Morgan fingerprint density at radius 3 is 2.42 bits per heavy atom. The molecule has 1 aromatic carbocycles. The summed E-state index contributed by atoms with van der Waals surface area (Å²) in [5.41, 5.74) is 0.309. The number of carbonyl (C=O) groups is 2. The average molecular weight is 335 g/mol. The summed E-state index contributed by atoms with van der Waals surface area (Å²) in [6.45, 7) is 8.12. The zero-order chi connectivity index (χ0) is 18.0. The Morgan fingerprint density at radius 2 is 1.83 bits per heavy atom. The smallest absolute Gasteiger partial charge is 0.407 e. The van der Waals surface area contributed by atoms with Gasteiger partial charge in [0.1, 0.15) is 18.0 Å². The molecule has 0 fully saturated rings. The van der Waals surface area contributed by atoms with Gasteiger partial charge in [-0.05, 0) is 51.5 Å². The molecule has 1 rings (SSSR count). The summed E-state index contributed by atoms with van der Waals surface area (Å²) >= 11 is 0. The minimum Gasteiger partial charge on any atom is -0.494 e. The molecular formula is C18H25NO5. The molecule has 0 radical (unpaired) electrons. The quantitative estimate of drug-likeness (QED) is 0.471. The Hall–Kier alpha value is -2.50. The van der Waals surface area contributed by atoms with Crippen molar-refractivity contribution >= 4 is 18.1 Å². The Bertz CT molecular complexity index is 558. The van der Waals surface area contributed by atoms with Crippen molar-refractivity contribution in [1.29, 1.82) is 0 Å². The lowest BCUT2D eigenvalue weighted by Crippen LogP contribution is -2.34. The van der Waals surface area contributed by atoms with Crippen molar-refractivity contribution < 1.29 is 23.8 Å². The van der Waals surface area contributed by atoms with E-state index in [4.69, 9.17) is 14.2 Å². The lowest BCUT2D eigenvalue weighted by Gasteiger charge is -2.19. The first-order valence-corrected chi connectivity index (χ1v) is 7.84. The van der Waals surface area contributed by atoms with E-state index in [1.807, 2.05) is 31.2 Å². The number of amides is 1. The summed E-state index contributed by atoms with van der Waals surface area (Å²) in [5, 5.41) is 2.51. The van der Waals surface area contributed by atoms with Crippen LogP contribution in [0, 0.1) is 0 Å². The largest absolute Gasteiger partial charge is 0.494 e. The molecule has 0 saturated carbocycles. The molecule has 1 amide bonds. The molecule has 24 heavy (non-hydrogen) atoms. The predicted molar refractivity (Wildman–Crippen MR) is 91.8 cm³/mol. The third-order valence-electron chi connectivity index (χ3n) is 2.62. The summed E-state index contributed by atoms with van der Waals surface area (Å²) in [6.07, 6.45) is 2.45. The van der Waals surface area contributed by atoms with Crippen LogP contribution >= 0.6 is 0 Å². The van der Waals surface area contributed by atoms with E-state index in [9.17, 15) is 9.59 Å². The molecule has 0 aliphatic heterocycles. The van der Waals surface area contributed by atoms with Gasteiger partial charge in [-0.25, -0.2) is 9.59 Å². The summed E-state index contributed by atoms with van der Waals surface area (Å²) in [4.78, 5) is 23.0. The highest BCUT2D eigenvalue weighted by Crippen LogP contribution is 2.13. The number of ether oxygens (including phenoxy) is 3. The van der Waals surface area contributed by atoms with Crippen LogP contribution in [0.1, 0.15) is 33.3 Å². The van der Waals surface area contributed by atoms with Crippen LogP contribution < -0.4 is 10.1 Å². The van der Waals surface area contributed by atoms with Crippen LogP contribution in [-0.4, -0.2) is 37.4 Å². The summed E-state index contributed by atoms with van der Waals surface area (Å²) in [7, 11) is 0. The maximum Gasteiger partial charge on any atom is 0.407 e. The zero-order valence-corrected chi connectivity index (χ0v) is 14.6. The molecule has 0 saturated heterocycles. The van der Waals surface area contributed by atoms with E-state index < -0.39 is 17.7 Å². The van der Waals surface area contributed by atoms with E-state index >= 15 is 0 Å². The molecular weight excluding hydrogens is 310 g/mol. The summed E-state index contributed by atoms with van der Waals surface area (Å²) in [5.74, 6) is 0.306. The SMILES string of the molecule is CCOc1ccc(/C=C/C(=O)OCCNC(=O)OC(C)(C)C)cc1. The fourth-order valence-electron chi connectivity index (χ4n) is 1.67. The zero-order valence-electron chi connectivity index (χ0n) is 14.6. The maximum atomic E-state index is 11.6. The normalized spacial score (nSPS) is 11.2. The van der Waals surface area contributed by atoms with Gasteiger partial charge in [0.2, 0.25) is 0 Å². The van der Waals surface area contributed by atoms with Gasteiger partial charge < -0.3 is 19.5 Å². The first kappa shape index (κ1) is 19.5. The molecule has 132 valence electrons. The summed E-state index contributed by atoms with van der Waals surface area (Å²) < 4.78 is 15.4. The van der Waals surface area contributed by atoms with Gasteiger partial charge in [0.25, 0.3) is 0 Å². The second-order valence-corrected chi connectivity index (χ2v) is 5.93. The molecule has 0 atom stereocenters. The second-order valence-electron chi connectivity index (χ2n) is 5.93. The highest BCUT2D eigenvalue weighted by Gasteiger charge is 2.15. The molecule has 0 spiro atoms. The van der Waals surface area contributed by atoms with Crippen LogP contribution in [0.3, 0.4) is 0 Å². The molecule has 0 aromatic heterocycles. The number of esters is 1. The van der Waals surface area contributed by atoms with Gasteiger partial charge in [-0.3, -0.25) is 0 Å². The van der Waals surface area contributed by atoms with Crippen molar-refractivity contribution in [3.63, 3.8) is 0 Å². The van der Waals surface area contributed by atoms with Gasteiger partial charge in [0.15, 0.2) is 0 Å². The number of nitrogens with one attached hydrogen (secondary N) is 1. The second kappa shape index (κ2) is 9.60. The van der Waals surface area contributed by atoms with Gasteiger partial charge in [0.05, 0.1) is 13.2 Å². The standard InChI is InChI=1S/C18H25NO5/c1-5-22-15-9-6-14(7-10-15)8-11-16(20)23-13-12-19-17(21)24-18(2,3)4/h6-11H,5,12-13H2,1-4H3,(H,19,21)/b11-8+. The van der Waals surface area contributed by atoms with Gasteiger partial charge in [-0.1, -0.05) is 12.1 Å². The van der Waals surface area contributed by atoms with Crippen molar-refractivity contribution in [1.82, 2.24) is 5.32 Å². The number of rotatable bonds is 7. The van der Waals surface area contributed by atoms with E-state index in [0.717, 1.165) is 11.3 Å². The van der Waals surface area contributed by atoms with Crippen molar-refractivity contribution in [2.24, 2.45) is 0 Å². The van der Waals surface area contributed by atoms with Crippen molar-refractivity contribution in [2.75, 3.05) is 19.8 Å². The van der Waals surface area contributed by atoms with Crippen LogP contribution in [0.4, 0.5) is 4.79 Å². The Balaban J connectivity index is 2.27. The van der Waals surface area contributed by atoms with Crippen LogP contribution in [0.5, 0.6) is 5.75 Å². The molecule has 0 heterocycles. The molecule has 6 nitrogen and oxygen atoms in total. The number of benzene rings is 1. The van der Waals surface area contributed by atoms with Crippen molar-refractivity contribution in [2.45, 2.75) is 33.3 Å². The first-order valence-electron chi connectivity index (χ1n) is 7.84. The van der Waals surface area contributed by atoms with Crippen molar-refractivity contribution in [3.05, 3.63) is 35.9 Å². The van der Waals surface area contributed by atoms with E-state index in [0.29, 0.717) is 6.61 Å². The number of carbonyl (C=O) groups excluding carboxylic acids is 2. The fraction of sp³-hybridized carbons (Fsp3) is 0.444. The van der Waals surface area contributed by atoms with E-state index in [2.05, 4.69) is 5.32 Å². The predicted octanol–water partition coefficient (Wildman–Crippen LogP) is 3.17. The van der Waals surface area contributed by atoms with E-state index in [-0.39, 0.29) is 13.2 Å². The Morgan fingerprint density at radius 1 is 1.17 bits per heavy atom. The van der Waals surface area contributed by atoms with Gasteiger partial charge in [-0.15, -0.1) is 0 Å². The third-order valence-corrected chi connectivity index (χ3v) is 2.62. The van der Waals surface area contributed by atoms with Gasteiger partial charge >= 0.3 is 12.1 Å². The topological polar surface area (TPSA) is 73.9 Å². The van der Waals surface area contributed by atoms with Crippen LogP contribution in [-0.2, 0) is 14.3 Å². The molecule has 1 N–H and O–H groups in total. The average Bonchev–Trinajstić information content (AvgIpc) is 2.49. The molecule has 1 aromatic rings. The van der Waals surface area contributed by atoms with Crippen LogP contribution in [0.2, 0.25) is 0 Å². The van der Waals surface area contributed by atoms with Crippen molar-refractivity contribution in [3.8, 4) is 5.75 Å². The van der Waals surface area contributed by atoms with E-state index in [1.54, 1.807) is 26.8 Å². The lowest BCUT2D eigenvalue weighted by atomic mass is 10.2. The third kappa shape index (κ3) is 8.82. The monoisotopic (exact) mass is 335 g/mol. The molecule has 0 bridgehead atoms. The first-order chi connectivity index (χ1) is 11.3. The lowest BCUT2D eigenvalue weighted by molar-refractivity contribution is -0.137. The van der Waals surface area contributed by atoms with Crippen LogP contribution in [0.15, 0.2) is 30.3 Å². The highest BCUT2D eigenvalue weighted by molar-refractivity contribution is 5.87.